The second-order valence-corrected chi connectivity index (χ2v) is 5.81. The summed E-state index contributed by atoms with van der Waals surface area (Å²) in [5, 5.41) is 10.7. The van der Waals surface area contributed by atoms with Crippen molar-refractivity contribution in [3.63, 3.8) is 0 Å². The van der Waals surface area contributed by atoms with Gasteiger partial charge in [-0.3, -0.25) is 4.79 Å². The predicted molar refractivity (Wildman–Crippen MR) is 82.1 cm³/mol. The summed E-state index contributed by atoms with van der Waals surface area (Å²) in [7, 11) is 4.03. The van der Waals surface area contributed by atoms with E-state index in [1.165, 1.54) is 0 Å². The smallest absolute Gasteiger partial charge is 0.227 e. The first-order chi connectivity index (χ1) is 10.1. The lowest BCUT2D eigenvalue weighted by Crippen LogP contribution is -2.27. The molecule has 0 bridgehead atoms. The molecule has 1 amide bonds. The summed E-state index contributed by atoms with van der Waals surface area (Å²) in [4.78, 5) is 18.1. The predicted octanol–water partition coefficient (Wildman–Crippen LogP) is 1.80. The minimum Gasteiger partial charge on any atom is -0.356 e. The van der Waals surface area contributed by atoms with Crippen molar-refractivity contribution >= 4 is 17.2 Å². The van der Waals surface area contributed by atoms with Gasteiger partial charge in [-0.2, -0.15) is 16.3 Å². The molecule has 114 valence electrons. The van der Waals surface area contributed by atoms with Gasteiger partial charge in [0.15, 0.2) is 0 Å². The molecule has 21 heavy (non-hydrogen) atoms. The lowest BCUT2D eigenvalue weighted by atomic mass is 10.3. The van der Waals surface area contributed by atoms with Crippen LogP contribution in [0, 0.1) is 0 Å². The molecule has 2 rings (SSSR count). The van der Waals surface area contributed by atoms with Gasteiger partial charge in [0.25, 0.3) is 0 Å². The van der Waals surface area contributed by atoms with E-state index in [9.17, 15) is 4.79 Å². The second-order valence-electron chi connectivity index (χ2n) is 5.03. The number of carbonyl (C=O) groups is 1. The van der Waals surface area contributed by atoms with E-state index in [1.54, 1.807) is 11.3 Å². The fraction of sp³-hybridized carbons (Fsp3) is 0.500. The Morgan fingerprint density at radius 3 is 3.05 bits per heavy atom. The molecule has 0 fully saturated rings. The van der Waals surface area contributed by atoms with Crippen LogP contribution in [0.15, 0.2) is 21.3 Å². The summed E-state index contributed by atoms with van der Waals surface area (Å²) in [6, 6.07) is 1.94. The molecule has 0 aliphatic rings. The lowest BCUT2D eigenvalue weighted by Gasteiger charge is -2.09. The SMILES string of the molecule is CN(C)CCCNC(=O)CCc1nc(-c2ccsc2)no1. The highest BCUT2D eigenvalue weighted by Gasteiger charge is 2.10. The average molecular weight is 308 g/mol. The number of hydrogen-bond acceptors (Lipinski definition) is 6. The molecule has 0 spiro atoms. The summed E-state index contributed by atoms with van der Waals surface area (Å²) < 4.78 is 5.15. The van der Waals surface area contributed by atoms with Crippen LogP contribution in [0.3, 0.4) is 0 Å². The maximum Gasteiger partial charge on any atom is 0.227 e. The van der Waals surface area contributed by atoms with Crippen molar-refractivity contribution in [2.75, 3.05) is 27.2 Å². The van der Waals surface area contributed by atoms with Gasteiger partial charge >= 0.3 is 0 Å². The third-order valence-corrected chi connectivity index (χ3v) is 3.60. The molecule has 7 heteroatoms. The molecule has 0 aliphatic carbocycles. The van der Waals surface area contributed by atoms with E-state index in [0.29, 0.717) is 31.1 Å². The number of nitrogens with one attached hydrogen (secondary N) is 1. The molecule has 0 saturated carbocycles. The Balaban J connectivity index is 1.69. The fourth-order valence-corrected chi connectivity index (χ4v) is 2.43. The van der Waals surface area contributed by atoms with E-state index in [2.05, 4.69) is 20.4 Å². The Morgan fingerprint density at radius 1 is 1.48 bits per heavy atom. The molecule has 2 heterocycles. The third-order valence-electron chi connectivity index (χ3n) is 2.92. The molecule has 0 atom stereocenters. The molecule has 0 aliphatic heterocycles. The molecule has 0 unspecified atom stereocenters. The van der Waals surface area contributed by atoms with Gasteiger partial charge in [-0.25, -0.2) is 0 Å². The summed E-state index contributed by atoms with van der Waals surface area (Å²) in [5.74, 6) is 1.10. The minimum absolute atomic E-state index is 0.0176. The van der Waals surface area contributed by atoms with E-state index in [4.69, 9.17) is 4.52 Å². The second kappa shape index (κ2) is 7.90. The van der Waals surface area contributed by atoms with E-state index in [0.717, 1.165) is 18.5 Å². The molecule has 0 saturated heterocycles. The van der Waals surface area contributed by atoms with Gasteiger partial charge in [0.1, 0.15) is 0 Å². The Hall–Kier alpha value is -1.73. The van der Waals surface area contributed by atoms with Gasteiger partial charge in [-0.15, -0.1) is 0 Å². The van der Waals surface area contributed by atoms with Crippen molar-refractivity contribution in [1.29, 1.82) is 0 Å². The molecule has 0 radical (unpaired) electrons. The third kappa shape index (κ3) is 5.28. The van der Waals surface area contributed by atoms with Crippen LogP contribution < -0.4 is 5.32 Å². The first kappa shape index (κ1) is 15.7. The quantitative estimate of drug-likeness (QED) is 0.753. The van der Waals surface area contributed by atoms with Crippen LogP contribution in [0.5, 0.6) is 0 Å². The maximum atomic E-state index is 11.7. The van der Waals surface area contributed by atoms with Gasteiger partial charge in [0.2, 0.25) is 17.6 Å². The van der Waals surface area contributed by atoms with Crippen LogP contribution in [-0.2, 0) is 11.2 Å². The monoisotopic (exact) mass is 308 g/mol. The molecule has 1 N–H and O–H groups in total. The average Bonchev–Trinajstić information content (AvgIpc) is 3.11. The molecule has 6 nitrogen and oxygen atoms in total. The zero-order chi connectivity index (χ0) is 15.1. The summed E-state index contributed by atoms with van der Waals surface area (Å²) in [6.45, 7) is 1.66. The zero-order valence-electron chi connectivity index (χ0n) is 12.3. The van der Waals surface area contributed by atoms with E-state index < -0.39 is 0 Å². The number of carbonyl (C=O) groups excluding carboxylic acids is 1. The normalized spacial score (nSPS) is 11.0. The number of aromatic nitrogens is 2. The first-order valence-corrected chi connectivity index (χ1v) is 7.86. The van der Waals surface area contributed by atoms with Gasteiger partial charge in [-0.05, 0) is 38.5 Å². The van der Waals surface area contributed by atoms with Crippen LogP contribution in [-0.4, -0.2) is 48.1 Å². The Kier molecular flexibility index (Phi) is 5.89. The van der Waals surface area contributed by atoms with Gasteiger partial charge < -0.3 is 14.7 Å². The standard InChI is InChI=1S/C14H20N4O2S/c1-18(2)8-3-7-15-12(19)4-5-13-16-14(17-20-13)11-6-9-21-10-11/h6,9-10H,3-5,7-8H2,1-2H3,(H,15,19). The molecule has 2 aromatic heterocycles. The molecular weight excluding hydrogens is 288 g/mol. The largest absolute Gasteiger partial charge is 0.356 e. The van der Waals surface area contributed by atoms with Gasteiger partial charge in [0, 0.05) is 30.3 Å². The molecule has 0 aromatic carbocycles. The highest BCUT2D eigenvalue weighted by Crippen LogP contribution is 2.18. The molecular formula is C14H20N4O2S. The van der Waals surface area contributed by atoms with Crippen LogP contribution in [0.2, 0.25) is 0 Å². The van der Waals surface area contributed by atoms with E-state index >= 15 is 0 Å². The Labute approximate surface area is 128 Å². The number of thiophene rings is 1. The van der Waals surface area contributed by atoms with Crippen molar-refractivity contribution in [3.05, 3.63) is 22.7 Å². The number of aryl methyl sites for hydroxylation is 1. The van der Waals surface area contributed by atoms with Gasteiger partial charge in [0.05, 0.1) is 0 Å². The Bertz CT molecular complexity index is 551. The van der Waals surface area contributed by atoms with Crippen molar-refractivity contribution in [1.82, 2.24) is 20.4 Å². The number of amides is 1. The van der Waals surface area contributed by atoms with Crippen molar-refractivity contribution < 1.29 is 9.32 Å². The zero-order valence-corrected chi connectivity index (χ0v) is 13.2. The van der Waals surface area contributed by atoms with Gasteiger partial charge in [-0.1, -0.05) is 5.16 Å². The summed E-state index contributed by atoms with van der Waals surface area (Å²) in [5.41, 5.74) is 0.947. The fourth-order valence-electron chi connectivity index (χ4n) is 1.80. The van der Waals surface area contributed by atoms with E-state index in [1.807, 2.05) is 30.9 Å². The Morgan fingerprint density at radius 2 is 2.33 bits per heavy atom. The summed E-state index contributed by atoms with van der Waals surface area (Å²) in [6.07, 6.45) is 1.78. The first-order valence-electron chi connectivity index (χ1n) is 6.92. The number of nitrogens with zero attached hydrogens (tertiary/aromatic N) is 3. The van der Waals surface area contributed by atoms with Crippen molar-refractivity contribution in [3.8, 4) is 11.4 Å². The van der Waals surface area contributed by atoms with Crippen LogP contribution in [0.1, 0.15) is 18.7 Å². The van der Waals surface area contributed by atoms with Crippen LogP contribution in [0.25, 0.3) is 11.4 Å². The van der Waals surface area contributed by atoms with E-state index in [-0.39, 0.29) is 5.91 Å². The summed E-state index contributed by atoms with van der Waals surface area (Å²) >= 11 is 1.59. The van der Waals surface area contributed by atoms with Crippen LogP contribution in [0.4, 0.5) is 0 Å². The highest BCUT2D eigenvalue weighted by atomic mass is 32.1. The molecule has 2 aromatic rings. The number of rotatable bonds is 8. The maximum absolute atomic E-state index is 11.7. The van der Waals surface area contributed by atoms with Crippen molar-refractivity contribution in [2.45, 2.75) is 19.3 Å². The van der Waals surface area contributed by atoms with Crippen LogP contribution >= 0.6 is 11.3 Å². The lowest BCUT2D eigenvalue weighted by molar-refractivity contribution is -0.121. The minimum atomic E-state index is 0.0176. The van der Waals surface area contributed by atoms with Crippen molar-refractivity contribution in [2.24, 2.45) is 0 Å². The highest BCUT2D eigenvalue weighted by molar-refractivity contribution is 7.08. The number of hydrogen-bond donors (Lipinski definition) is 1. The topological polar surface area (TPSA) is 71.3 Å².